The molecule has 0 N–H and O–H groups in total. The third-order valence-corrected chi connectivity index (χ3v) is 4.66. The van der Waals surface area contributed by atoms with E-state index in [0.29, 0.717) is 12.5 Å². The first-order valence-corrected chi connectivity index (χ1v) is 6.94. The van der Waals surface area contributed by atoms with Crippen molar-refractivity contribution in [2.24, 2.45) is 5.92 Å². The molecule has 4 nitrogen and oxygen atoms in total. The van der Waals surface area contributed by atoms with Crippen LogP contribution in [-0.2, 0) is 11.2 Å². The first-order valence-electron chi connectivity index (χ1n) is 6.94. The number of amides is 3. The number of carbonyl (C=O) groups excluding carboxylic acids is 2. The molecule has 1 spiro atoms. The van der Waals surface area contributed by atoms with Gasteiger partial charge in [0.1, 0.15) is 5.54 Å². The van der Waals surface area contributed by atoms with E-state index in [1.165, 1.54) is 10.5 Å². The minimum absolute atomic E-state index is 0.0267. The van der Waals surface area contributed by atoms with Gasteiger partial charge in [-0.25, -0.2) is 4.79 Å². The van der Waals surface area contributed by atoms with Crippen LogP contribution >= 0.6 is 0 Å². The van der Waals surface area contributed by atoms with Crippen LogP contribution < -0.4 is 4.90 Å². The van der Waals surface area contributed by atoms with Gasteiger partial charge in [-0.2, -0.15) is 0 Å². The highest BCUT2D eigenvalue weighted by Gasteiger charge is 2.73. The van der Waals surface area contributed by atoms with E-state index in [9.17, 15) is 9.59 Å². The Kier molecular flexibility index (Phi) is 1.96. The lowest BCUT2D eigenvalue weighted by atomic mass is 9.97. The summed E-state index contributed by atoms with van der Waals surface area (Å²) in [7, 11) is 0. The molecule has 0 bridgehead atoms. The molecule has 1 aliphatic carbocycles. The van der Waals surface area contributed by atoms with Crippen molar-refractivity contribution in [1.82, 2.24) is 4.90 Å². The Morgan fingerprint density at radius 1 is 1.32 bits per heavy atom. The molecule has 2 heterocycles. The van der Waals surface area contributed by atoms with E-state index in [-0.39, 0.29) is 11.9 Å². The standard InChI is InChI=1S/C15H16N2O2/c1-2-7-16-13(18)15-9-11(15)8-10-5-3-4-6-12(10)17(15)14(16)19/h3-6,11H,2,7-9H2,1H3. The van der Waals surface area contributed by atoms with Crippen molar-refractivity contribution in [3.8, 4) is 0 Å². The van der Waals surface area contributed by atoms with Crippen LogP contribution in [0.3, 0.4) is 0 Å². The van der Waals surface area contributed by atoms with Gasteiger partial charge in [-0.15, -0.1) is 0 Å². The Morgan fingerprint density at radius 2 is 2.11 bits per heavy atom. The second-order valence-corrected chi connectivity index (χ2v) is 5.73. The number of para-hydroxylation sites is 1. The molecule has 2 atom stereocenters. The first kappa shape index (κ1) is 11.0. The summed E-state index contributed by atoms with van der Waals surface area (Å²) in [5.74, 6) is 0.347. The van der Waals surface area contributed by atoms with Crippen molar-refractivity contribution in [2.45, 2.75) is 31.7 Å². The summed E-state index contributed by atoms with van der Waals surface area (Å²) in [6.07, 6.45) is 2.56. The van der Waals surface area contributed by atoms with E-state index < -0.39 is 5.54 Å². The fourth-order valence-corrected chi connectivity index (χ4v) is 3.71. The van der Waals surface area contributed by atoms with Crippen molar-refractivity contribution in [1.29, 1.82) is 0 Å². The zero-order valence-electron chi connectivity index (χ0n) is 10.9. The van der Waals surface area contributed by atoms with Gasteiger partial charge < -0.3 is 0 Å². The molecule has 0 aromatic heterocycles. The smallest absolute Gasteiger partial charge is 0.278 e. The molecule has 98 valence electrons. The minimum Gasteiger partial charge on any atom is -0.278 e. The van der Waals surface area contributed by atoms with Gasteiger partial charge in [0.2, 0.25) is 0 Å². The Hall–Kier alpha value is -1.84. The van der Waals surface area contributed by atoms with Crippen LogP contribution in [0.4, 0.5) is 10.5 Å². The lowest BCUT2D eigenvalue weighted by Crippen LogP contribution is -2.42. The topological polar surface area (TPSA) is 40.6 Å². The van der Waals surface area contributed by atoms with Gasteiger partial charge in [0.25, 0.3) is 5.91 Å². The van der Waals surface area contributed by atoms with E-state index in [1.807, 2.05) is 25.1 Å². The molecule has 19 heavy (non-hydrogen) atoms. The van der Waals surface area contributed by atoms with E-state index in [1.54, 1.807) is 4.90 Å². The number of anilines is 1. The largest absolute Gasteiger partial charge is 0.332 e. The maximum atomic E-state index is 12.6. The van der Waals surface area contributed by atoms with Crippen molar-refractivity contribution in [3.63, 3.8) is 0 Å². The van der Waals surface area contributed by atoms with Crippen LogP contribution in [-0.4, -0.2) is 28.9 Å². The van der Waals surface area contributed by atoms with E-state index in [4.69, 9.17) is 0 Å². The molecule has 2 fully saturated rings. The Labute approximate surface area is 112 Å². The minimum atomic E-state index is -0.527. The van der Waals surface area contributed by atoms with Crippen LogP contribution in [0.15, 0.2) is 24.3 Å². The van der Waals surface area contributed by atoms with Crippen molar-refractivity contribution >= 4 is 17.6 Å². The van der Waals surface area contributed by atoms with Crippen LogP contribution in [0.2, 0.25) is 0 Å². The summed E-state index contributed by atoms with van der Waals surface area (Å²) in [5.41, 5.74) is 1.61. The van der Waals surface area contributed by atoms with Crippen molar-refractivity contribution in [3.05, 3.63) is 29.8 Å². The number of hydrogen-bond acceptors (Lipinski definition) is 2. The summed E-state index contributed by atoms with van der Waals surface area (Å²) >= 11 is 0. The lowest BCUT2D eigenvalue weighted by molar-refractivity contribution is -0.128. The van der Waals surface area contributed by atoms with Crippen LogP contribution in [0.25, 0.3) is 0 Å². The highest BCUT2D eigenvalue weighted by Crippen LogP contribution is 2.60. The molecule has 2 aliphatic heterocycles. The fourth-order valence-electron chi connectivity index (χ4n) is 3.71. The van der Waals surface area contributed by atoms with E-state index in [0.717, 1.165) is 24.9 Å². The zero-order valence-corrected chi connectivity index (χ0v) is 10.9. The number of rotatable bonds is 2. The monoisotopic (exact) mass is 256 g/mol. The summed E-state index contributed by atoms with van der Waals surface area (Å²) < 4.78 is 0. The van der Waals surface area contributed by atoms with Gasteiger partial charge in [-0.3, -0.25) is 14.6 Å². The Balaban J connectivity index is 1.85. The predicted octanol–water partition coefficient (Wildman–Crippen LogP) is 2.18. The normalized spacial score (nSPS) is 31.1. The second-order valence-electron chi connectivity index (χ2n) is 5.73. The summed E-state index contributed by atoms with van der Waals surface area (Å²) in [5, 5.41) is 0. The molecule has 1 saturated heterocycles. The molecule has 3 amide bonds. The maximum absolute atomic E-state index is 12.6. The van der Waals surface area contributed by atoms with Gasteiger partial charge >= 0.3 is 6.03 Å². The quantitative estimate of drug-likeness (QED) is 0.761. The average molecular weight is 256 g/mol. The fraction of sp³-hybridized carbons (Fsp3) is 0.467. The highest BCUT2D eigenvalue weighted by atomic mass is 16.2. The number of benzene rings is 1. The predicted molar refractivity (Wildman–Crippen MR) is 70.9 cm³/mol. The van der Waals surface area contributed by atoms with Gasteiger partial charge in [-0.1, -0.05) is 25.1 Å². The number of hydrogen-bond donors (Lipinski definition) is 0. The molecule has 1 aromatic rings. The SMILES string of the molecule is CCCN1C(=O)N2c3ccccc3CC3CC32C1=O. The van der Waals surface area contributed by atoms with Gasteiger partial charge in [0, 0.05) is 12.2 Å². The summed E-state index contributed by atoms with van der Waals surface area (Å²) in [6, 6.07) is 7.85. The third kappa shape index (κ3) is 1.15. The van der Waals surface area contributed by atoms with Crippen LogP contribution in [0.1, 0.15) is 25.3 Å². The van der Waals surface area contributed by atoms with Gasteiger partial charge in [0.05, 0.1) is 0 Å². The van der Waals surface area contributed by atoms with E-state index in [2.05, 4.69) is 6.07 Å². The molecule has 1 aromatic carbocycles. The number of fused-ring (bicyclic) bond motifs is 2. The summed E-state index contributed by atoms with van der Waals surface area (Å²) in [6.45, 7) is 2.53. The van der Waals surface area contributed by atoms with Gasteiger partial charge in [-0.05, 0) is 36.8 Å². The lowest BCUT2D eigenvalue weighted by Gasteiger charge is -2.29. The molecule has 1 saturated carbocycles. The number of urea groups is 1. The molecule has 4 rings (SSSR count). The Morgan fingerprint density at radius 3 is 2.89 bits per heavy atom. The molecular formula is C15H16N2O2. The first-order chi connectivity index (χ1) is 9.20. The summed E-state index contributed by atoms with van der Waals surface area (Å²) in [4.78, 5) is 28.4. The average Bonchev–Trinajstić information content (AvgIpc) is 3.10. The Bertz CT molecular complexity index is 598. The van der Waals surface area contributed by atoms with Crippen LogP contribution in [0.5, 0.6) is 0 Å². The molecule has 4 heteroatoms. The van der Waals surface area contributed by atoms with Crippen molar-refractivity contribution in [2.75, 3.05) is 11.4 Å². The molecule has 0 radical (unpaired) electrons. The molecular weight excluding hydrogens is 240 g/mol. The number of imide groups is 1. The third-order valence-electron chi connectivity index (χ3n) is 4.66. The molecule has 3 aliphatic rings. The number of nitrogens with zero attached hydrogens (tertiary/aromatic N) is 2. The second kappa shape index (κ2) is 3.38. The molecule has 2 unspecified atom stereocenters. The highest BCUT2D eigenvalue weighted by molar-refractivity contribution is 6.19. The van der Waals surface area contributed by atoms with Crippen LogP contribution in [0, 0.1) is 5.92 Å². The van der Waals surface area contributed by atoms with Crippen molar-refractivity contribution < 1.29 is 9.59 Å². The zero-order chi connectivity index (χ0) is 13.2. The maximum Gasteiger partial charge on any atom is 0.332 e. The van der Waals surface area contributed by atoms with E-state index >= 15 is 0 Å². The number of carbonyl (C=O) groups is 2. The van der Waals surface area contributed by atoms with Gasteiger partial charge in [0.15, 0.2) is 0 Å².